The van der Waals surface area contributed by atoms with Crippen molar-refractivity contribution in [2.45, 2.75) is 20.4 Å². The van der Waals surface area contributed by atoms with Crippen LogP contribution >= 0.6 is 12.2 Å². The molecule has 0 aromatic carbocycles. The third-order valence-corrected chi connectivity index (χ3v) is 1.65. The standard InChI is InChI=1S/C6H12N4S/c1-4(2)3-10-5(7)8-9-6(10)11/h4H,3H2,1-2H3,(H2,7,8)(H,9,11). The zero-order valence-electron chi connectivity index (χ0n) is 6.66. The molecule has 4 nitrogen and oxygen atoms in total. The lowest BCUT2D eigenvalue weighted by Gasteiger charge is -2.05. The van der Waals surface area contributed by atoms with Gasteiger partial charge in [0.15, 0.2) is 4.77 Å². The minimum absolute atomic E-state index is 0.462. The smallest absolute Gasteiger partial charge is 0.220 e. The van der Waals surface area contributed by atoms with Crippen molar-refractivity contribution in [1.82, 2.24) is 14.8 Å². The van der Waals surface area contributed by atoms with Crippen LogP contribution in [0.1, 0.15) is 13.8 Å². The molecule has 1 aromatic heterocycles. The molecule has 62 valence electrons. The Hall–Kier alpha value is -0.840. The van der Waals surface area contributed by atoms with E-state index in [1.165, 1.54) is 0 Å². The average molecular weight is 172 g/mol. The Balaban J connectivity index is 2.92. The lowest BCUT2D eigenvalue weighted by atomic mass is 10.2. The normalized spacial score (nSPS) is 10.8. The highest BCUT2D eigenvalue weighted by Gasteiger charge is 2.02. The number of H-pyrrole nitrogens is 1. The summed E-state index contributed by atoms with van der Waals surface area (Å²) in [7, 11) is 0. The topological polar surface area (TPSA) is 59.6 Å². The van der Waals surface area contributed by atoms with Crippen molar-refractivity contribution >= 4 is 18.2 Å². The zero-order valence-corrected chi connectivity index (χ0v) is 7.48. The Morgan fingerprint density at radius 3 is 2.73 bits per heavy atom. The van der Waals surface area contributed by atoms with Gasteiger partial charge in [0, 0.05) is 6.54 Å². The van der Waals surface area contributed by atoms with E-state index >= 15 is 0 Å². The zero-order chi connectivity index (χ0) is 8.43. The molecule has 11 heavy (non-hydrogen) atoms. The predicted molar refractivity (Wildman–Crippen MR) is 46.7 cm³/mol. The summed E-state index contributed by atoms with van der Waals surface area (Å²) >= 11 is 4.96. The molecule has 0 fully saturated rings. The molecule has 1 heterocycles. The molecular weight excluding hydrogens is 160 g/mol. The summed E-state index contributed by atoms with van der Waals surface area (Å²) in [6.07, 6.45) is 0. The molecule has 0 saturated carbocycles. The molecule has 0 aliphatic carbocycles. The molecule has 0 spiro atoms. The molecule has 1 rings (SSSR count). The quantitative estimate of drug-likeness (QED) is 0.658. The minimum atomic E-state index is 0.462. The number of hydrogen-bond acceptors (Lipinski definition) is 3. The molecule has 0 amide bonds. The average Bonchev–Trinajstić information content (AvgIpc) is 2.18. The Bertz CT molecular complexity index is 285. The van der Waals surface area contributed by atoms with Gasteiger partial charge in [-0.2, -0.15) is 0 Å². The minimum Gasteiger partial charge on any atom is -0.368 e. The monoisotopic (exact) mass is 172 g/mol. The maximum atomic E-state index is 5.54. The fraction of sp³-hybridized carbons (Fsp3) is 0.667. The van der Waals surface area contributed by atoms with Crippen molar-refractivity contribution in [3.8, 4) is 0 Å². The van der Waals surface area contributed by atoms with E-state index in [9.17, 15) is 0 Å². The van der Waals surface area contributed by atoms with Crippen molar-refractivity contribution in [2.24, 2.45) is 5.92 Å². The number of aromatic nitrogens is 3. The van der Waals surface area contributed by atoms with Gasteiger partial charge in [0.25, 0.3) is 0 Å². The fourth-order valence-corrected chi connectivity index (χ4v) is 1.09. The molecule has 5 heteroatoms. The van der Waals surface area contributed by atoms with E-state index in [0.717, 1.165) is 6.54 Å². The number of rotatable bonds is 2. The fourth-order valence-electron chi connectivity index (χ4n) is 0.871. The molecule has 0 unspecified atom stereocenters. The van der Waals surface area contributed by atoms with Crippen molar-refractivity contribution in [2.75, 3.05) is 5.73 Å². The Labute approximate surface area is 70.4 Å². The van der Waals surface area contributed by atoms with Crippen LogP contribution in [0.3, 0.4) is 0 Å². The van der Waals surface area contributed by atoms with E-state index in [0.29, 0.717) is 16.6 Å². The molecule has 0 saturated heterocycles. The lowest BCUT2D eigenvalue weighted by molar-refractivity contribution is 0.523. The highest BCUT2D eigenvalue weighted by Crippen LogP contribution is 2.04. The van der Waals surface area contributed by atoms with Gasteiger partial charge in [0.1, 0.15) is 0 Å². The number of nitrogens with two attached hydrogens (primary N) is 1. The first-order valence-electron chi connectivity index (χ1n) is 3.52. The molecule has 3 N–H and O–H groups in total. The van der Waals surface area contributed by atoms with Gasteiger partial charge in [0.05, 0.1) is 0 Å². The van der Waals surface area contributed by atoms with Gasteiger partial charge in [0.2, 0.25) is 5.95 Å². The summed E-state index contributed by atoms with van der Waals surface area (Å²) in [5.41, 5.74) is 5.54. The molecule has 0 radical (unpaired) electrons. The predicted octanol–water partition coefficient (Wildman–Crippen LogP) is 1.18. The van der Waals surface area contributed by atoms with Crippen LogP contribution in [0, 0.1) is 10.7 Å². The van der Waals surface area contributed by atoms with Crippen molar-refractivity contribution in [3.05, 3.63) is 4.77 Å². The third-order valence-electron chi connectivity index (χ3n) is 1.34. The van der Waals surface area contributed by atoms with Crippen LogP contribution in [0.25, 0.3) is 0 Å². The molecule has 1 aromatic rings. The molecule has 0 atom stereocenters. The summed E-state index contributed by atoms with van der Waals surface area (Å²) < 4.78 is 2.39. The molecule has 0 bridgehead atoms. The number of aromatic amines is 1. The van der Waals surface area contributed by atoms with Gasteiger partial charge in [-0.05, 0) is 18.1 Å². The highest BCUT2D eigenvalue weighted by atomic mass is 32.1. The van der Waals surface area contributed by atoms with Crippen LogP contribution in [-0.4, -0.2) is 14.8 Å². The molecule has 0 aliphatic heterocycles. The van der Waals surface area contributed by atoms with E-state index in [4.69, 9.17) is 18.0 Å². The Kier molecular flexibility index (Phi) is 2.28. The summed E-state index contributed by atoms with van der Waals surface area (Å²) in [5.74, 6) is 0.991. The van der Waals surface area contributed by atoms with Crippen molar-refractivity contribution < 1.29 is 0 Å². The molecular formula is C6H12N4S. The first-order chi connectivity index (χ1) is 5.11. The highest BCUT2D eigenvalue weighted by molar-refractivity contribution is 7.71. The van der Waals surface area contributed by atoms with E-state index in [-0.39, 0.29) is 0 Å². The van der Waals surface area contributed by atoms with Gasteiger partial charge in [-0.15, -0.1) is 5.10 Å². The largest absolute Gasteiger partial charge is 0.368 e. The lowest BCUT2D eigenvalue weighted by Crippen LogP contribution is -2.07. The second-order valence-electron chi connectivity index (χ2n) is 2.89. The number of nitrogen functional groups attached to an aromatic ring is 1. The molecule has 0 aliphatic rings. The summed E-state index contributed by atoms with van der Waals surface area (Å²) in [4.78, 5) is 0. The number of hydrogen-bond donors (Lipinski definition) is 2. The van der Waals surface area contributed by atoms with Gasteiger partial charge >= 0.3 is 0 Å². The van der Waals surface area contributed by atoms with Gasteiger partial charge in [-0.3, -0.25) is 4.57 Å². The third kappa shape index (κ3) is 1.80. The van der Waals surface area contributed by atoms with Crippen LogP contribution in [0.2, 0.25) is 0 Å². The van der Waals surface area contributed by atoms with Gasteiger partial charge in [-0.25, -0.2) is 5.10 Å². The maximum absolute atomic E-state index is 5.54. The summed E-state index contributed by atoms with van der Waals surface area (Å²) in [6.45, 7) is 5.03. The van der Waals surface area contributed by atoms with Gasteiger partial charge in [-0.1, -0.05) is 13.8 Å². The van der Waals surface area contributed by atoms with Crippen molar-refractivity contribution in [1.29, 1.82) is 0 Å². The Morgan fingerprint density at radius 2 is 2.36 bits per heavy atom. The van der Waals surface area contributed by atoms with E-state index in [1.807, 2.05) is 0 Å². The first-order valence-corrected chi connectivity index (χ1v) is 3.92. The van der Waals surface area contributed by atoms with Crippen molar-refractivity contribution in [3.63, 3.8) is 0 Å². The van der Waals surface area contributed by atoms with Gasteiger partial charge < -0.3 is 5.73 Å². The second kappa shape index (κ2) is 3.04. The van der Waals surface area contributed by atoms with E-state index in [1.54, 1.807) is 4.57 Å². The maximum Gasteiger partial charge on any atom is 0.220 e. The SMILES string of the molecule is CC(C)Cn1c(N)n[nH]c1=S. The summed E-state index contributed by atoms with van der Waals surface area (Å²) in [6, 6.07) is 0. The number of anilines is 1. The Morgan fingerprint density at radius 1 is 1.73 bits per heavy atom. The van der Waals surface area contributed by atoms with Crippen LogP contribution in [0.15, 0.2) is 0 Å². The summed E-state index contributed by atoms with van der Waals surface area (Å²) in [5, 5.41) is 6.43. The van der Waals surface area contributed by atoms with Crippen LogP contribution in [0.5, 0.6) is 0 Å². The number of nitrogens with one attached hydrogen (secondary N) is 1. The number of nitrogens with zero attached hydrogens (tertiary/aromatic N) is 2. The van der Waals surface area contributed by atoms with Crippen LogP contribution in [-0.2, 0) is 6.54 Å². The first kappa shape index (κ1) is 8.26. The van der Waals surface area contributed by atoms with Crippen LogP contribution < -0.4 is 5.73 Å². The van der Waals surface area contributed by atoms with E-state index < -0.39 is 0 Å². The second-order valence-corrected chi connectivity index (χ2v) is 3.28. The van der Waals surface area contributed by atoms with E-state index in [2.05, 4.69) is 24.0 Å². The van der Waals surface area contributed by atoms with Crippen LogP contribution in [0.4, 0.5) is 5.95 Å².